The van der Waals surface area contributed by atoms with Crippen LogP contribution in [0.4, 0.5) is 0 Å². The van der Waals surface area contributed by atoms with Gasteiger partial charge in [-0.2, -0.15) is 0 Å². The Labute approximate surface area is 237 Å². The van der Waals surface area contributed by atoms with Gasteiger partial charge in [0, 0.05) is 15.8 Å². The summed E-state index contributed by atoms with van der Waals surface area (Å²) in [6, 6.07) is 11.1. The van der Waals surface area contributed by atoms with Crippen molar-refractivity contribution < 1.29 is 0 Å². The van der Waals surface area contributed by atoms with Gasteiger partial charge in [0.15, 0.2) is 0 Å². The van der Waals surface area contributed by atoms with E-state index in [2.05, 4.69) is 90.6 Å². The molecule has 0 aliphatic carbocycles. The summed E-state index contributed by atoms with van der Waals surface area (Å²) in [5.41, 5.74) is 0.702. The molecule has 3 unspecified atom stereocenters. The Hall–Kier alpha value is 0.920. The first kappa shape index (κ1) is 33.9. The third-order valence-electron chi connectivity index (χ3n) is 6.71. The smallest absolute Gasteiger partial charge is 0.0752 e. The topological polar surface area (TPSA) is 0 Å². The Bertz CT molecular complexity index is 637. The highest BCUT2D eigenvalue weighted by molar-refractivity contribution is 9.18. The highest BCUT2D eigenvalue weighted by atomic mass is 33.5. The van der Waals surface area contributed by atoms with E-state index in [0.717, 1.165) is 5.25 Å². The van der Waals surface area contributed by atoms with Crippen LogP contribution in [-0.4, -0.2) is 10.9 Å². The first-order valence-corrected chi connectivity index (χ1v) is 21.9. The SMILES string of the molecule is CCCCCCCCC(CCC)SSP(=S)(Sc1ccccc1)C(CCC)CCCCCCCC. The Morgan fingerprint density at radius 2 is 1.17 bits per heavy atom. The van der Waals surface area contributed by atoms with E-state index in [1.54, 1.807) is 0 Å². The Balaban J connectivity index is 2.79. The monoisotopic (exact) mass is 574 g/mol. The lowest BCUT2D eigenvalue weighted by Gasteiger charge is -2.31. The fraction of sp³-hybridized carbons (Fsp3) is 0.800. The minimum atomic E-state index is -1.63. The number of rotatable bonds is 24. The van der Waals surface area contributed by atoms with Crippen molar-refractivity contribution in [1.29, 1.82) is 0 Å². The van der Waals surface area contributed by atoms with Crippen molar-refractivity contribution in [2.75, 3.05) is 0 Å². The Morgan fingerprint density at radius 1 is 0.629 bits per heavy atom. The normalized spacial score (nSPS) is 15.1. The highest BCUT2D eigenvalue weighted by Crippen LogP contribution is 2.79. The highest BCUT2D eigenvalue weighted by Gasteiger charge is 2.31. The summed E-state index contributed by atoms with van der Waals surface area (Å²) < 4.78 is -1.63. The zero-order valence-electron chi connectivity index (χ0n) is 23.3. The molecule has 0 saturated heterocycles. The molecule has 0 spiro atoms. The van der Waals surface area contributed by atoms with Gasteiger partial charge in [0.05, 0.1) is 4.44 Å². The zero-order valence-corrected chi connectivity index (χ0v) is 27.5. The molecule has 0 aliphatic heterocycles. The summed E-state index contributed by atoms with van der Waals surface area (Å²) in [5, 5.41) is 0.770. The second-order valence-electron chi connectivity index (χ2n) is 10.1. The number of benzene rings is 1. The van der Waals surface area contributed by atoms with E-state index < -0.39 is 4.44 Å². The van der Waals surface area contributed by atoms with Gasteiger partial charge in [-0.3, -0.25) is 0 Å². The fourth-order valence-electron chi connectivity index (χ4n) is 4.57. The maximum absolute atomic E-state index is 6.69. The van der Waals surface area contributed by atoms with Gasteiger partial charge in [-0.05, 0) is 48.2 Å². The lowest BCUT2D eigenvalue weighted by Crippen LogP contribution is -2.06. The molecule has 0 aromatic heterocycles. The number of hydrogen-bond acceptors (Lipinski definition) is 4. The quantitative estimate of drug-likeness (QED) is 0.0683. The van der Waals surface area contributed by atoms with Crippen LogP contribution in [0, 0.1) is 0 Å². The van der Waals surface area contributed by atoms with Crippen LogP contribution in [0.3, 0.4) is 0 Å². The maximum Gasteiger partial charge on any atom is 0.0752 e. The predicted octanol–water partition coefficient (Wildman–Crippen LogP) is 13.3. The van der Waals surface area contributed by atoms with Crippen molar-refractivity contribution in [3.8, 4) is 0 Å². The molecule has 5 heteroatoms. The predicted molar refractivity (Wildman–Crippen MR) is 175 cm³/mol. The first-order chi connectivity index (χ1) is 17.1. The fourth-order valence-corrected chi connectivity index (χ4v) is 20.5. The standard InChI is InChI=1S/C30H55PS4/c1-5-9-11-13-15-18-24-28(22-7-3)31(32,33-29-25-20-17-21-26-29)35-34-30(23-8-4)27-19-16-14-12-10-6-2/h17,20-21,25-26,28,30H,5-16,18-19,22-24,27H2,1-4H3. The van der Waals surface area contributed by atoms with Gasteiger partial charge in [0.2, 0.25) is 0 Å². The molecule has 0 heterocycles. The van der Waals surface area contributed by atoms with E-state index >= 15 is 0 Å². The van der Waals surface area contributed by atoms with Gasteiger partial charge in [0.25, 0.3) is 0 Å². The molecule has 204 valence electrons. The number of hydrogen-bond donors (Lipinski definition) is 0. The van der Waals surface area contributed by atoms with E-state index in [1.807, 2.05) is 0 Å². The molecule has 0 N–H and O–H groups in total. The van der Waals surface area contributed by atoms with Gasteiger partial charge in [0.1, 0.15) is 0 Å². The van der Waals surface area contributed by atoms with Gasteiger partial charge in [-0.15, -0.1) is 0 Å². The molecule has 0 amide bonds. The first-order valence-electron chi connectivity index (χ1n) is 14.8. The van der Waals surface area contributed by atoms with Crippen molar-refractivity contribution >= 4 is 48.8 Å². The van der Waals surface area contributed by atoms with E-state index in [-0.39, 0.29) is 0 Å². The third kappa shape index (κ3) is 16.5. The molecule has 0 bridgehead atoms. The molecular weight excluding hydrogens is 520 g/mol. The van der Waals surface area contributed by atoms with Crippen molar-refractivity contribution in [2.24, 2.45) is 0 Å². The minimum Gasteiger partial charge on any atom is -0.0845 e. The van der Waals surface area contributed by atoms with Gasteiger partial charge in [-0.25, -0.2) is 0 Å². The van der Waals surface area contributed by atoms with Crippen molar-refractivity contribution in [1.82, 2.24) is 0 Å². The minimum absolute atomic E-state index is 0.702. The molecule has 0 aliphatic rings. The van der Waals surface area contributed by atoms with Crippen LogP contribution in [0.25, 0.3) is 0 Å². The Morgan fingerprint density at radius 3 is 1.74 bits per heavy atom. The van der Waals surface area contributed by atoms with Gasteiger partial charge in [-0.1, -0.05) is 170 Å². The van der Waals surface area contributed by atoms with E-state index in [4.69, 9.17) is 11.8 Å². The van der Waals surface area contributed by atoms with Crippen LogP contribution in [0.5, 0.6) is 0 Å². The van der Waals surface area contributed by atoms with Gasteiger partial charge >= 0.3 is 0 Å². The molecule has 35 heavy (non-hydrogen) atoms. The summed E-state index contributed by atoms with van der Waals surface area (Å²) in [7, 11) is 4.35. The summed E-state index contributed by atoms with van der Waals surface area (Å²) in [6.07, 6.45) is 24.6. The second-order valence-corrected chi connectivity index (χ2v) is 23.7. The van der Waals surface area contributed by atoms with Crippen LogP contribution in [-0.2, 0) is 11.8 Å². The molecule has 3 atom stereocenters. The van der Waals surface area contributed by atoms with E-state index in [9.17, 15) is 0 Å². The van der Waals surface area contributed by atoms with E-state index in [1.165, 1.54) is 120 Å². The van der Waals surface area contributed by atoms with Crippen LogP contribution in [0.1, 0.15) is 143 Å². The summed E-state index contributed by atoms with van der Waals surface area (Å²) in [5.74, 6) is 0. The average Bonchev–Trinajstić information content (AvgIpc) is 2.86. The van der Waals surface area contributed by atoms with Crippen LogP contribution >= 0.6 is 37.0 Å². The summed E-state index contributed by atoms with van der Waals surface area (Å²) >= 11 is 8.77. The summed E-state index contributed by atoms with van der Waals surface area (Å²) in [4.78, 5) is 1.39. The van der Waals surface area contributed by atoms with Gasteiger partial charge < -0.3 is 0 Å². The van der Waals surface area contributed by atoms with Crippen LogP contribution < -0.4 is 0 Å². The molecule has 0 radical (unpaired) electrons. The third-order valence-corrected chi connectivity index (χ3v) is 22.9. The lowest BCUT2D eigenvalue weighted by atomic mass is 10.1. The molecule has 0 saturated carbocycles. The Kier molecular flexibility index (Phi) is 22.2. The maximum atomic E-state index is 6.69. The average molecular weight is 575 g/mol. The molecule has 1 aromatic carbocycles. The lowest BCUT2D eigenvalue weighted by molar-refractivity contribution is 0.568. The molecule has 0 nitrogen and oxygen atoms in total. The molecule has 1 rings (SSSR count). The molecule has 0 fully saturated rings. The number of unbranched alkanes of at least 4 members (excludes halogenated alkanes) is 10. The van der Waals surface area contributed by atoms with Crippen LogP contribution in [0.15, 0.2) is 35.2 Å². The summed E-state index contributed by atoms with van der Waals surface area (Å²) in [6.45, 7) is 9.33. The largest absolute Gasteiger partial charge is 0.0845 e. The van der Waals surface area contributed by atoms with Crippen LogP contribution in [0.2, 0.25) is 0 Å². The van der Waals surface area contributed by atoms with Crippen molar-refractivity contribution in [2.45, 2.75) is 159 Å². The van der Waals surface area contributed by atoms with Crippen molar-refractivity contribution in [3.63, 3.8) is 0 Å². The molecular formula is C30H55PS4. The molecule has 1 aromatic rings. The zero-order chi connectivity index (χ0) is 25.6. The van der Waals surface area contributed by atoms with Crippen molar-refractivity contribution in [3.05, 3.63) is 30.3 Å². The van der Waals surface area contributed by atoms with E-state index in [0.29, 0.717) is 5.66 Å². The second kappa shape index (κ2) is 22.9.